The average Bonchev–Trinajstić information content (AvgIpc) is 2.91. The summed E-state index contributed by atoms with van der Waals surface area (Å²) in [7, 11) is 0. The van der Waals surface area contributed by atoms with E-state index in [0.29, 0.717) is 6.42 Å². The van der Waals surface area contributed by atoms with Gasteiger partial charge in [-0.15, -0.1) is 0 Å². The molecule has 41 heavy (non-hydrogen) atoms. The monoisotopic (exact) mass is 592 g/mol. The minimum atomic E-state index is -1.53. The van der Waals surface area contributed by atoms with Gasteiger partial charge in [0, 0.05) is 27.2 Å². The largest absolute Gasteiger partial charge is 0.463 e. The highest BCUT2D eigenvalue weighted by Crippen LogP contribution is 2.30. The van der Waals surface area contributed by atoms with E-state index >= 15 is 0 Å². The molecule has 0 saturated carbocycles. The van der Waals surface area contributed by atoms with E-state index in [1.54, 1.807) is 0 Å². The first-order valence-electron chi connectivity index (χ1n) is 14.4. The van der Waals surface area contributed by atoms with Crippen LogP contribution in [-0.2, 0) is 47.6 Å². The maximum atomic E-state index is 12.9. The number of carbonyl (C=O) groups excluding carboxylic acids is 4. The van der Waals surface area contributed by atoms with Crippen molar-refractivity contribution in [3.05, 3.63) is 0 Å². The van der Waals surface area contributed by atoms with Crippen LogP contribution in [0.4, 0.5) is 0 Å². The van der Waals surface area contributed by atoms with Crippen LogP contribution in [0.25, 0.3) is 0 Å². The molecule has 1 fully saturated rings. The zero-order valence-corrected chi connectivity index (χ0v) is 24.7. The minimum absolute atomic E-state index is 0.0638. The highest BCUT2D eigenvalue weighted by molar-refractivity contribution is 5.70. The Balaban J connectivity index is 3.03. The molecule has 0 unspecified atom stereocenters. The van der Waals surface area contributed by atoms with Gasteiger partial charge in [0.15, 0.2) is 24.6 Å². The SMILES string of the molecule is CCCCCCCCCCCC(=O)O[C@@H]1[C@@H](OC(C)=O)[C@H](COC(C)=O)O[C@H](OC[C@@H](O)[C@@H](O)CO)[C@@H]1OC(C)=O. The molecular formula is C28H48O13. The molecule has 1 aliphatic rings. The predicted octanol–water partition coefficient (Wildman–Crippen LogP) is 1.70. The Morgan fingerprint density at radius 1 is 0.732 bits per heavy atom. The van der Waals surface area contributed by atoms with Gasteiger partial charge < -0.3 is 43.7 Å². The summed E-state index contributed by atoms with van der Waals surface area (Å²) in [4.78, 5) is 48.3. The van der Waals surface area contributed by atoms with Gasteiger partial charge in [-0.1, -0.05) is 58.3 Å². The topological polar surface area (TPSA) is 184 Å². The first-order chi connectivity index (χ1) is 19.5. The first-order valence-corrected chi connectivity index (χ1v) is 14.4. The fourth-order valence-corrected chi connectivity index (χ4v) is 4.35. The van der Waals surface area contributed by atoms with Crippen molar-refractivity contribution in [2.45, 2.75) is 135 Å². The fourth-order valence-electron chi connectivity index (χ4n) is 4.35. The Bertz CT molecular complexity index is 789. The van der Waals surface area contributed by atoms with E-state index in [1.807, 2.05) is 0 Å². The Labute approximate surface area is 241 Å². The summed E-state index contributed by atoms with van der Waals surface area (Å²) in [6, 6.07) is 0. The second-order valence-corrected chi connectivity index (χ2v) is 10.2. The number of carbonyl (C=O) groups is 4. The molecule has 0 aromatic rings. The third-order valence-corrected chi connectivity index (χ3v) is 6.46. The normalized spacial score (nSPS) is 23.7. The van der Waals surface area contributed by atoms with Crippen molar-refractivity contribution in [3.63, 3.8) is 0 Å². The zero-order chi connectivity index (χ0) is 30.8. The molecule has 1 saturated heterocycles. The van der Waals surface area contributed by atoms with Crippen LogP contribution >= 0.6 is 0 Å². The number of hydrogen-bond acceptors (Lipinski definition) is 13. The molecular weight excluding hydrogens is 544 g/mol. The molecule has 0 aliphatic carbocycles. The molecule has 0 aromatic heterocycles. The van der Waals surface area contributed by atoms with Crippen LogP contribution < -0.4 is 0 Å². The molecule has 0 radical (unpaired) electrons. The number of aliphatic hydroxyl groups is 3. The summed E-state index contributed by atoms with van der Waals surface area (Å²) >= 11 is 0. The highest BCUT2D eigenvalue weighted by Gasteiger charge is 2.53. The maximum Gasteiger partial charge on any atom is 0.306 e. The Hall–Kier alpha value is -2.32. The predicted molar refractivity (Wildman–Crippen MR) is 143 cm³/mol. The van der Waals surface area contributed by atoms with E-state index in [4.69, 9.17) is 33.5 Å². The van der Waals surface area contributed by atoms with Gasteiger partial charge in [-0.3, -0.25) is 19.2 Å². The van der Waals surface area contributed by atoms with Crippen LogP contribution in [0.3, 0.4) is 0 Å². The summed E-state index contributed by atoms with van der Waals surface area (Å²) < 4.78 is 32.8. The van der Waals surface area contributed by atoms with Crippen molar-refractivity contribution in [3.8, 4) is 0 Å². The number of unbranched alkanes of at least 4 members (excludes halogenated alkanes) is 8. The summed E-state index contributed by atoms with van der Waals surface area (Å²) in [5.41, 5.74) is 0. The zero-order valence-electron chi connectivity index (χ0n) is 24.7. The second-order valence-electron chi connectivity index (χ2n) is 10.2. The lowest BCUT2D eigenvalue weighted by Crippen LogP contribution is -2.63. The molecule has 7 atom stereocenters. The Kier molecular flexibility index (Phi) is 18.4. The average molecular weight is 593 g/mol. The fraction of sp³-hybridized carbons (Fsp3) is 0.857. The number of aliphatic hydroxyl groups excluding tert-OH is 3. The lowest BCUT2D eigenvalue weighted by Gasteiger charge is -2.44. The van der Waals surface area contributed by atoms with E-state index in [0.717, 1.165) is 46.5 Å². The molecule has 1 heterocycles. The molecule has 238 valence electrons. The van der Waals surface area contributed by atoms with Crippen LogP contribution in [0, 0.1) is 0 Å². The van der Waals surface area contributed by atoms with Gasteiger partial charge in [-0.2, -0.15) is 0 Å². The van der Waals surface area contributed by atoms with Gasteiger partial charge in [0.05, 0.1) is 13.2 Å². The van der Waals surface area contributed by atoms with E-state index in [1.165, 1.54) is 25.7 Å². The van der Waals surface area contributed by atoms with E-state index in [9.17, 15) is 29.4 Å². The second kappa shape index (κ2) is 20.5. The standard InChI is InChI=1S/C28H48O13/c1-5-6-7-8-9-10-11-12-13-14-24(35)41-26-25(38-19(3)31)23(17-36-18(2)30)40-28(27(26)39-20(4)32)37-16-22(34)21(33)15-29/h21-23,25-29,33-34H,5-17H2,1-4H3/t21-,22+,23-,25-,26+,27+,28-/m0/s1. The lowest BCUT2D eigenvalue weighted by atomic mass is 9.98. The smallest absolute Gasteiger partial charge is 0.306 e. The van der Waals surface area contributed by atoms with E-state index < -0.39 is 86.6 Å². The number of rotatable bonds is 20. The number of hydrogen-bond donors (Lipinski definition) is 3. The van der Waals surface area contributed by atoms with Crippen LogP contribution in [0.15, 0.2) is 0 Å². The van der Waals surface area contributed by atoms with Crippen LogP contribution in [0.2, 0.25) is 0 Å². The number of esters is 4. The first kappa shape index (κ1) is 36.7. The molecule has 0 spiro atoms. The van der Waals surface area contributed by atoms with Crippen LogP contribution in [-0.4, -0.2) is 102 Å². The van der Waals surface area contributed by atoms with Crippen molar-refractivity contribution in [2.24, 2.45) is 0 Å². The lowest BCUT2D eigenvalue weighted by molar-refractivity contribution is -0.312. The Morgan fingerprint density at radius 2 is 1.29 bits per heavy atom. The van der Waals surface area contributed by atoms with Gasteiger partial charge in [-0.25, -0.2) is 0 Å². The van der Waals surface area contributed by atoms with Crippen molar-refractivity contribution >= 4 is 23.9 Å². The molecule has 0 amide bonds. The third kappa shape index (κ3) is 14.9. The summed E-state index contributed by atoms with van der Waals surface area (Å²) in [5, 5.41) is 28.8. The molecule has 1 rings (SSSR count). The van der Waals surface area contributed by atoms with Crippen molar-refractivity contribution in [1.29, 1.82) is 0 Å². The van der Waals surface area contributed by atoms with Crippen LogP contribution in [0.1, 0.15) is 91.9 Å². The van der Waals surface area contributed by atoms with Gasteiger partial charge >= 0.3 is 23.9 Å². The van der Waals surface area contributed by atoms with Crippen molar-refractivity contribution in [2.75, 3.05) is 19.8 Å². The van der Waals surface area contributed by atoms with Gasteiger partial charge in [-0.05, 0) is 6.42 Å². The molecule has 0 aromatic carbocycles. The van der Waals surface area contributed by atoms with Gasteiger partial charge in [0.25, 0.3) is 0 Å². The van der Waals surface area contributed by atoms with Gasteiger partial charge in [0.2, 0.25) is 0 Å². The third-order valence-electron chi connectivity index (χ3n) is 6.46. The number of ether oxygens (including phenoxy) is 6. The molecule has 3 N–H and O–H groups in total. The van der Waals surface area contributed by atoms with Gasteiger partial charge in [0.1, 0.15) is 24.9 Å². The summed E-state index contributed by atoms with van der Waals surface area (Å²) in [6.45, 7) is 3.83. The highest BCUT2D eigenvalue weighted by atomic mass is 16.7. The molecule has 13 heteroatoms. The molecule has 1 aliphatic heterocycles. The molecule has 13 nitrogen and oxygen atoms in total. The van der Waals surface area contributed by atoms with E-state index in [-0.39, 0.29) is 6.42 Å². The van der Waals surface area contributed by atoms with Crippen molar-refractivity contribution in [1.82, 2.24) is 0 Å². The quantitative estimate of drug-likeness (QED) is 0.106. The summed E-state index contributed by atoms with van der Waals surface area (Å²) in [5.74, 6) is -2.83. The van der Waals surface area contributed by atoms with E-state index in [2.05, 4.69) is 6.92 Å². The Morgan fingerprint density at radius 3 is 1.83 bits per heavy atom. The van der Waals surface area contributed by atoms with Crippen molar-refractivity contribution < 1.29 is 62.9 Å². The molecule has 0 bridgehead atoms. The summed E-state index contributed by atoms with van der Waals surface area (Å²) in [6.07, 6.45) is -0.439. The van der Waals surface area contributed by atoms with Crippen LogP contribution in [0.5, 0.6) is 0 Å². The minimum Gasteiger partial charge on any atom is -0.463 e. The maximum absolute atomic E-state index is 12.9.